The molecule has 1 amide bonds. The second-order valence-corrected chi connectivity index (χ2v) is 8.58. The molecule has 35 heavy (non-hydrogen) atoms. The molecule has 1 atom stereocenters. The first-order valence-corrected chi connectivity index (χ1v) is 11.1. The minimum absolute atomic E-state index is 0.0132. The summed E-state index contributed by atoms with van der Waals surface area (Å²) in [6, 6.07) is 14.1. The second kappa shape index (κ2) is 8.72. The molecule has 0 radical (unpaired) electrons. The number of rotatable bonds is 4. The number of aromatic amines is 1. The van der Waals surface area contributed by atoms with Crippen LogP contribution in [-0.4, -0.2) is 33.9 Å². The van der Waals surface area contributed by atoms with Crippen LogP contribution in [0.1, 0.15) is 17.2 Å². The summed E-state index contributed by atoms with van der Waals surface area (Å²) in [5.74, 6) is -3.26. The smallest absolute Gasteiger partial charge is 0.302 e. The fourth-order valence-electron chi connectivity index (χ4n) is 4.18. The van der Waals surface area contributed by atoms with E-state index in [-0.39, 0.29) is 38.4 Å². The van der Waals surface area contributed by atoms with E-state index in [1.54, 1.807) is 30.3 Å². The number of para-hydroxylation sites is 2. The number of carbonyl (C=O) groups excluding carboxylic acids is 2. The van der Waals surface area contributed by atoms with Gasteiger partial charge in [-0.3, -0.25) is 14.5 Å². The third kappa shape index (κ3) is 3.71. The van der Waals surface area contributed by atoms with Gasteiger partial charge in [-0.15, -0.1) is 0 Å². The van der Waals surface area contributed by atoms with Crippen LogP contribution in [0.15, 0.2) is 66.2 Å². The number of nitrogens with one attached hydrogen (secondary N) is 1. The number of nitrogens with zero attached hydrogens (tertiary/aromatic N) is 2. The van der Waals surface area contributed by atoms with Crippen molar-refractivity contribution < 1.29 is 23.8 Å². The molecule has 1 saturated heterocycles. The van der Waals surface area contributed by atoms with Gasteiger partial charge in [0.15, 0.2) is 0 Å². The Kier molecular flexibility index (Phi) is 5.70. The Balaban J connectivity index is 1.80. The van der Waals surface area contributed by atoms with Crippen LogP contribution in [0.25, 0.3) is 16.8 Å². The number of aliphatic hydroxyl groups excluding tert-OH is 1. The first-order valence-electron chi connectivity index (χ1n) is 10.4. The normalized spacial score (nSPS) is 17.4. The molecule has 2 heterocycles. The first-order chi connectivity index (χ1) is 16.8. The molecule has 1 aliphatic rings. The first kappa shape index (κ1) is 22.9. The highest BCUT2D eigenvalue weighted by Crippen LogP contribution is 2.45. The van der Waals surface area contributed by atoms with Gasteiger partial charge in [0, 0.05) is 10.6 Å². The highest BCUT2D eigenvalue weighted by atomic mass is 35.5. The summed E-state index contributed by atoms with van der Waals surface area (Å²) in [5, 5.41) is 11.6. The van der Waals surface area contributed by atoms with E-state index in [1.165, 1.54) is 37.4 Å². The van der Waals surface area contributed by atoms with E-state index < -0.39 is 29.3 Å². The molecule has 176 valence electrons. The summed E-state index contributed by atoms with van der Waals surface area (Å²) in [6.45, 7) is 0. The standard InChI is InChI=1S/C25H16Cl2FN3O4/c1-35-23-14(10-12(26)11-15(23)27)21(32)19-20(13-6-2-3-7-16(13)28)31(24(34)22(19)33)25-29-17-8-4-5-9-18(17)30-25/h2-11,20,32H,1H3,(H,29,30)/b21-19+. The number of aliphatic hydroxyl groups is 1. The maximum absolute atomic E-state index is 15.1. The van der Waals surface area contributed by atoms with Crippen molar-refractivity contribution in [1.29, 1.82) is 0 Å². The van der Waals surface area contributed by atoms with Crippen molar-refractivity contribution in [2.75, 3.05) is 12.0 Å². The number of carbonyl (C=O) groups is 2. The van der Waals surface area contributed by atoms with Crippen molar-refractivity contribution in [1.82, 2.24) is 9.97 Å². The average Bonchev–Trinajstić information content (AvgIpc) is 3.37. The fraction of sp³-hybridized carbons (Fsp3) is 0.0800. The van der Waals surface area contributed by atoms with Crippen LogP contribution in [0.5, 0.6) is 5.75 Å². The largest absolute Gasteiger partial charge is 0.507 e. The van der Waals surface area contributed by atoms with Crippen LogP contribution >= 0.6 is 23.2 Å². The van der Waals surface area contributed by atoms with Gasteiger partial charge in [-0.2, -0.15) is 0 Å². The number of hydrogen-bond acceptors (Lipinski definition) is 5. The van der Waals surface area contributed by atoms with E-state index >= 15 is 4.39 Å². The number of fused-ring (bicyclic) bond motifs is 1. The van der Waals surface area contributed by atoms with Crippen LogP contribution in [0.3, 0.4) is 0 Å². The summed E-state index contributed by atoms with van der Waals surface area (Å²) in [5.41, 5.74) is 0.756. The minimum Gasteiger partial charge on any atom is -0.507 e. The van der Waals surface area contributed by atoms with Gasteiger partial charge >= 0.3 is 5.91 Å². The molecule has 3 aromatic carbocycles. The van der Waals surface area contributed by atoms with Crippen molar-refractivity contribution in [2.24, 2.45) is 0 Å². The van der Waals surface area contributed by atoms with E-state index in [0.29, 0.717) is 11.0 Å². The lowest BCUT2D eigenvalue weighted by atomic mass is 9.94. The van der Waals surface area contributed by atoms with Crippen molar-refractivity contribution in [3.63, 3.8) is 0 Å². The zero-order chi connectivity index (χ0) is 24.9. The number of H-pyrrole nitrogens is 1. The summed E-state index contributed by atoms with van der Waals surface area (Å²) in [4.78, 5) is 35.0. The van der Waals surface area contributed by atoms with Gasteiger partial charge in [0.1, 0.15) is 23.4 Å². The van der Waals surface area contributed by atoms with Gasteiger partial charge in [-0.25, -0.2) is 9.37 Å². The van der Waals surface area contributed by atoms with Crippen LogP contribution in [0.4, 0.5) is 10.3 Å². The third-order valence-electron chi connectivity index (χ3n) is 5.72. The molecule has 0 spiro atoms. The predicted molar refractivity (Wildman–Crippen MR) is 130 cm³/mol. The molecule has 1 unspecified atom stereocenters. The van der Waals surface area contributed by atoms with Crippen molar-refractivity contribution >= 4 is 57.6 Å². The molecule has 7 nitrogen and oxygen atoms in total. The molecule has 2 N–H and O–H groups in total. The molecule has 1 aromatic heterocycles. The number of amides is 1. The minimum atomic E-state index is -1.33. The number of hydrogen-bond donors (Lipinski definition) is 2. The Labute approximate surface area is 208 Å². The Morgan fingerprint density at radius 1 is 1.11 bits per heavy atom. The van der Waals surface area contributed by atoms with E-state index in [0.717, 1.165) is 4.90 Å². The van der Waals surface area contributed by atoms with Crippen LogP contribution in [-0.2, 0) is 9.59 Å². The van der Waals surface area contributed by atoms with Crippen molar-refractivity contribution in [3.05, 3.63) is 93.2 Å². The Morgan fingerprint density at radius 3 is 2.54 bits per heavy atom. The number of aromatic nitrogens is 2. The van der Waals surface area contributed by atoms with Crippen LogP contribution in [0.2, 0.25) is 10.0 Å². The molecule has 0 bridgehead atoms. The molecule has 1 fully saturated rings. The number of Topliss-reactive ketones (excluding diaryl/α,β-unsaturated/α-hetero) is 1. The SMILES string of the molecule is COc1c(Cl)cc(Cl)cc1/C(O)=C1\C(=O)C(=O)N(c2nc3ccccc3[nH]2)C1c1ccccc1F. The molecule has 0 saturated carbocycles. The second-order valence-electron chi connectivity index (χ2n) is 7.74. The molecule has 5 rings (SSSR count). The molecule has 0 aliphatic carbocycles. The Hall–Kier alpha value is -3.88. The number of benzene rings is 3. The van der Waals surface area contributed by atoms with E-state index in [1.807, 2.05) is 0 Å². The number of imidazole rings is 1. The van der Waals surface area contributed by atoms with E-state index in [4.69, 9.17) is 27.9 Å². The maximum atomic E-state index is 15.1. The lowest BCUT2D eigenvalue weighted by molar-refractivity contribution is -0.132. The average molecular weight is 512 g/mol. The highest BCUT2D eigenvalue weighted by Gasteiger charge is 2.49. The third-order valence-corrected chi connectivity index (χ3v) is 6.22. The molecule has 10 heteroatoms. The summed E-state index contributed by atoms with van der Waals surface area (Å²) >= 11 is 12.4. The summed E-state index contributed by atoms with van der Waals surface area (Å²) in [6.07, 6.45) is 0. The van der Waals surface area contributed by atoms with E-state index in [2.05, 4.69) is 9.97 Å². The topological polar surface area (TPSA) is 95.5 Å². The van der Waals surface area contributed by atoms with Gasteiger partial charge in [0.2, 0.25) is 5.95 Å². The van der Waals surface area contributed by atoms with Gasteiger partial charge < -0.3 is 14.8 Å². The maximum Gasteiger partial charge on any atom is 0.302 e. The van der Waals surface area contributed by atoms with Crippen molar-refractivity contribution in [3.8, 4) is 5.75 Å². The zero-order valence-electron chi connectivity index (χ0n) is 18.1. The number of anilines is 1. The molecule has 1 aliphatic heterocycles. The lowest BCUT2D eigenvalue weighted by Crippen LogP contribution is -2.30. The van der Waals surface area contributed by atoms with Crippen LogP contribution in [0, 0.1) is 5.82 Å². The molecule has 4 aromatic rings. The lowest BCUT2D eigenvalue weighted by Gasteiger charge is -2.23. The predicted octanol–water partition coefficient (Wildman–Crippen LogP) is 5.64. The van der Waals surface area contributed by atoms with Gasteiger partial charge in [0.05, 0.1) is 34.3 Å². The number of methoxy groups -OCH3 is 1. The van der Waals surface area contributed by atoms with E-state index in [9.17, 15) is 14.7 Å². The Morgan fingerprint density at radius 2 is 1.83 bits per heavy atom. The molecular formula is C25H16Cl2FN3O4. The summed E-state index contributed by atoms with van der Waals surface area (Å²) < 4.78 is 20.4. The van der Waals surface area contributed by atoms with Gasteiger partial charge in [-0.1, -0.05) is 53.5 Å². The number of ketones is 1. The summed E-state index contributed by atoms with van der Waals surface area (Å²) in [7, 11) is 1.33. The number of halogens is 3. The zero-order valence-corrected chi connectivity index (χ0v) is 19.6. The Bertz CT molecular complexity index is 1520. The molecular weight excluding hydrogens is 496 g/mol. The van der Waals surface area contributed by atoms with Gasteiger partial charge in [0.25, 0.3) is 5.78 Å². The monoisotopic (exact) mass is 511 g/mol. The van der Waals surface area contributed by atoms with Gasteiger partial charge in [-0.05, 0) is 30.3 Å². The quantitative estimate of drug-likeness (QED) is 0.210. The van der Waals surface area contributed by atoms with Crippen LogP contribution < -0.4 is 9.64 Å². The highest BCUT2D eigenvalue weighted by molar-refractivity contribution is 6.51. The van der Waals surface area contributed by atoms with Crippen molar-refractivity contribution in [2.45, 2.75) is 6.04 Å². The number of ether oxygens (including phenoxy) is 1. The fourth-order valence-corrected chi connectivity index (χ4v) is 4.75.